The highest BCUT2D eigenvalue weighted by atomic mass is 32.2. The van der Waals surface area contributed by atoms with Crippen molar-refractivity contribution in [1.29, 1.82) is 0 Å². The maximum atomic E-state index is 12.7. The molecule has 0 spiro atoms. The van der Waals surface area contributed by atoms with Gasteiger partial charge in [0.2, 0.25) is 10.0 Å². The Bertz CT molecular complexity index is 893. The smallest absolute Gasteiger partial charge is 0.243 e. The van der Waals surface area contributed by atoms with Crippen molar-refractivity contribution < 1.29 is 13.2 Å². The van der Waals surface area contributed by atoms with E-state index in [0.717, 1.165) is 24.2 Å². The molecule has 0 atom stereocenters. The van der Waals surface area contributed by atoms with Crippen LogP contribution in [0.25, 0.3) is 0 Å². The largest absolute Gasteiger partial charge is 0.497 e. The van der Waals surface area contributed by atoms with Crippen LogP contribution in [0.3, 0.4) is 0 Å². The Hall–Kier alpha value is -2.16. The summed E-state index contributed by atoms with van der Waals surface area (Å²) in [4.78, 5) is 0.285. The van der Waals surface area contributed by atoms with Gasteiger partial charge in [0, 0.05) is 25.3 Å². The molecule has 1 heterocycles. The molecule has 2 aromatic rings. The molecule has 3 rings (SSSR count). The monoisotopic (exact) mass is 405 g/mol. The second-order valence-electron chi connectivity index (χ2n) is 6.29. The van der Waals surface area contributed by atoms with Gasteiger partial charge in [-0.1, -0.05) is 18.2 Å². The predicted octanol–water partition coefficient (Wildman–Crippen LogP) is 2.97. The minimum absolute atomic E-state index is 0.285. The average molecular weight is 406 g/mol. The lowest BCUT2D eigenvalue weighted by Crippen LogP contribution is -2.29. The van der Waals surface area contributed by atoms with Gasteiger partial charge >= 0.3 is 0 Å². The SMILES string of the molecule is COc1ccc(CNC(=S)Nc2cccc(S(=O)(=O)N3CCCC3)c2)cc1. The van der Waals surface area contributed by atoms with E-state index in [1.807, 2.05) is 24.3 Å². The topological polar surface area (TPSA) is 70.7 Å². The van der Waals surface area contributed by atoms with Crippen LogP contribution in [0.5, 0.6) is 5.75 Å². The van der Waals surface area contributed by atoms with E-state index in [4.69, 9.17) is 17.0 Å². The minimum Gasteiger partial charge on any atom is -0.497 e. The lowest BCUT2D eigenvalue weighted by molar-refractivity contribution is 0.414. The highest BCUT2D eigenvalue weighted by Gasteiger charge is 2.27. The summed E-state index contributed by atoms with van der Waals surface area (Å²) >= 11 is 5.32. The molecule has 1 fully saturated rings. The zero-order valence-electron chi connectivity index (χ0n) is 15.1. The van der Waals surface area contributed by atoms with Gasteiger partial charge in [0.15, 0.2) is 5.11 Å². The molecule has 1 saturated heterocycles. The lowest BCUT2D eigenvalue weighted by atomic mass is 10.2. The molecule has 0 unspecified atom stereocenters. The maximum absolute atomic E-state index is 12.7. The molecule has 0 aliphatic carbocycles. The van der Waals surface area contributed by atoms with Crippen molar-refractivity contribution in [2.45, 2.75) is 24.3 Å². The molecule has 1 aliphatic heterocycles. The second-order valence-corrected chi connectivity index (χ2v) is 8.64. The standard InChI is InChI=1S/C19H23N3O3S2/c1-25-17-9-7-15(8-10-17)14-20-19(26)21-16-5-4-6-18(13-16)27(23,24)22-11-2-3-12-22/h4-10,13H,2-3,11-12,14H2,1H3,(H2,20,21,26). The Morgan fingerprint density at radius 2 is 1.85 bits per heavy atom. The third kappa shape index (κ3) is 4.97. The fourth-order valence-corrected chi connectivity index (χ4v) is 4.67. The van der Waals surface area contributed by atoms with E-state index in [9.17, 15) is 8.42 Å². The molecule has 1 aliphatic rings. The first kappa shape index (κ1) is 19.6. The van der Waals surface area contributed by atoms with Gasteiger partial charge in [-0.25, -0.2) is 8.42 Å². The van der Waals surface area contributed by atoms with Crippen LogP contribution in [0.15, 0.2) is 53.4 Å². The molecular formula is C19H23N3O3S2. The van der Waals surface area contributed by atoms with Gasteiger partial charge in [-0.2, -0.15) is 4.31 Å². The lowest BCUT2D eigenvalue weighted by Gasteiger charge is -2.16. The molecule has 0 amide bonds. The Balaban J connectivity index is 1.60. The predicted molar refractivity (Wildman–Crippen MR) is 110 cm³/mol. The highest BCUT2D eigenvalue weighted by molar-refractivity contribution is 7.89. The normalized spacial score (nSPS) is 14.7. The van der Waals surface area contributed by atoms with Crippen molar-refractivity contribution in [3.63, 3.8) is 0 Å². The molecule has 0 radical (unpaired) electrons. The van der Waals surface area contributed by atoms with Crippen molar-refractivity contribution >= 4 is 33.0 Å². The quantitative estimate of drug-likeness (QED) is 0.720. The molecule has 0 saturated carbocycles. The Morgan fingerprint density at radius 3 is 2.52 bits per heavy atom. The summed E-state index contributed by atoms with van der Waals surface area (Å²) in [7, 11) is -1.81. The van der Waals surface area contributed by atoms with Crippen LogP contribution >= 0.6 is 12.2 Å². The molecule has 27 heavy (non-hydrogen) atoms. The third-order valence-electron chi connectivity index (χ3n) is 4.41. The second kappa shape index (κ2) is 8.69. The van der Waals surface area contributed by atoms with Gasteiger partial charge < -0.3 is 15.4 Å². The van der Waals surface area contributed by atoms with Crippen LogP contribution in [0.4, 0.5) is 5.69 Å². The molecular weight excluding hydrogens is 382 g/mol. The maximum Gasteiger partial charge on any atom is 0.243 e. The summed E-state index contributed by atoms with van der Waals surface area (Å²) in [6.45, 7) is 1.73. The van der Waals surface area contributed by atoms with Crippen LogP contribution in [0, 0.1) is 0 Å². The Labute approximate surface area is 165 Å². The summed E-state index contributed by atoms with van der Waals surface area (Å²) in [6.07, 6.45) is 1.83. The summed E-state index contributed by atoms with van der Waals surface area (Å²) in [5.41, 5.74) is 1.70. The van der Waals surface area contributed by atoms with Crippen LogP contribution in [-0.2, 0) is 16.6 Å². The molecule has 2 N–H and O–H groups in total. The summed E-state index contributed by atoms with van der Waals surface area (Å²) in [6, 6.07) is 14.4. The van der Waals surface area contributed by atoms with Crippen molar-refractivity contribution in [2.24, 2.45) is 0 Å². The third-order valence-corrected chi connectivity index (χ3v) is 6.55. The van der Waals surface area contributed by atoms with Crippen molar-refractivity contribution in [1.82, 2.24) is 9.62 Å². The van der Waals surface area contributed by atoms with E-state index in [0.29, 0.717) is 30.4 Å². The van der Waals surface area contributed by atoms with Gasteiger partial charge in [0.1, 0.15) is 5.75 Å². The van der Waals surface area contributed by atoms with Gasteiger partial charge in [0.05, 0.1) is 12.0 Å². The number of thiocarbonyl (C=S) groups is 1. The van der Waals surface area contributed by atoms with E-state index in [1.54, 1.807) is 31.4 Å². The molecule has 8 heteroatoms. The average Bonchev–Trinajstić information content (AvgIpc) is 3.23. The van der Waals surface area contributed by atoms with E-state index < -0.39 is 10.0 Å². The number of methoxy groups -OCH3 is 1. The Morgan fingerprint density at radius 1 is 1.15 bits per heavy atom. The number of benzene rings is 2. The fourth-order valence-electron chi connectivity index (χ4n) is 2.91. The van der Waals surface area contributed by atoms with Crippen molar-refractivity contribution in [2.75, 3.05) is 25.5 Å². The first-order chi connectivity index (χ1) is 13.0. The van der Waals surface area contributed by atoms with Gasteiger partial charge in [-0.15, -0.1) is 0 Å². The molecule has 0 bridgehead atoms. The first-order valence-electron chi connectivity index (χ1n) is 8.77. The number of ether oxygens (including phenoxy) is 1. The highest BCUT2D eigenvalue weighted by Crippen LogP contribution is 2.23. The number of sulfonamides is 1. The van der Waals surface area contributed by atoms with Crippen molar-refractivity contribution in [3.05, 3.63) is 54.1 Å². The van der Waals surface area contributed by atoms with E-state index in [2.05, 4.69) is 10.6 Å². The summed E-state index contributed by atoms with van der Waals surface area (Å²) < 4.78 is 32.0. The number of rotatable bonds is 6. The van der Waals surface area contributed by atoms with E-state index >= 15 is 0 Å². The van der Waals surface area contributed by atoms with Gasteiger partial charge in [-0.3, -0.25) is 0 Å². The number of anilines is 1. The zero-order chi connectivity index (χ0) is 19.3. The number of hydrogen-bond donors (Lipinski definition) is 2. The Kier molecular flexibility index (Phi) is 6.30. The van der Waals surface area contributed by atoms with Crippen LogP contribution in [0.1, 0.15) is 18.4 Å². The number of hydrogen-bond acceptors (Lipinski definition) is 4. The summed E-state index contributed by atoms with van der Waals surface area (Å²) in [5, 5.41) is 6.60. The minimum atomic E-state index is -3.44. The van der Waals surface area contributed by atoms with E-state index in [1.165, 1.54) is 4.31 Å². The summed E-state index contributed by atoms with van der Waals surface area (Å²) in [5.74, 6) is 0.801. The molecule has 144 valence electrons. The van der Waals surface area contributed by atoms with Crippen molar-refractivity contribution in [3.8, 4) is 5.75 Å². The van der Waals surface area contributed by atoms with Crippen LogP contribution in [-0.4, -0.2) is 38.0 Å². The molecule has 2 aromatic carbocycles. The fraction of sp³-hybridized carbons (Fsp3) is 0.316. The van der Waals surface area contributed by atoms with Crippen LogP contribution < -0.4 is 15.4 Å². The van der Waals surface area contributed by atoms with Crippen LogP contribution in [0.2, 0.25) is 0 Å². The number of nitrogens with one attached hydrogen (secondary N) is 2. The molecule has 0 aromatic heterocycles. The molecule has 6 nitrogen and oxygen atoms in total. The number of nitrogens with zero attached hydrogens (tertiary/aromatic N) is 1. The first-order valence-corrected chi connectivity index (χ1v) is 10.6. The zero-order valence-corrected chi connectivity index (χ0v) is 16.8. The van der Waals surface area contributed by atoms with Gasteiger partial charge in [-0.05, 0) is 61.0 Å². The van der Waals surface area contributed by atoms with Gasteiger partial charge in [0.25, 0.3) is 0 Å². The van der Waals surface area contributed by atoms with E-state index in [-0.39, 0.29) is 4.90 Å².